The van der Waals surface area contributed by atoms with Gasteiger partial charge in [0.2, 0.25) is 6.04 Å². The highest BCUT2D eigenvalue weighted by atomic mass is 32.1. The van der Waals surface area contributed by atoms with Gasteiger partial charge in [-0.05, 0) is 49.4 Å². The lowest BCUT2D eigenvalue weighted by atomic mass is 9.98. The number of carboxylic acid groups (broad SMARTS) is 1. The second kappa shape index (κ2) is 7.76. The molecule has 0 aliphatic heterocycles. The van der Waals surface area contributed by atoms with Crippen LogP contribution in [-0.2, 0) is 9.59 Å². The maximum atomic E-state index is 12.9. The molecule has 0 aliphatic rings. The molecule has 1 unspecified atom stereocenters. The van der Waals surface area contributed by atoms with E-state index in [1.165, 1.54) is 21.5 Å². The van der Waals surface area contributed by atoms with Crippen molar-refractivity contribution >= 4 is 39.2 Å². The Morgan fingerprint density at radius 3 is 2.50 bits per heavy atom. The van der Waals surface area contributed by atoms with Gasteiger partial charge in [0.25, 0.3) is 5.91 Å². The van der Waals surface area contributed by atoms with Crippen LogP contribution in [-0.4, -0.2) is 26.5 Å². The molecule has 30 heavy (non-hydrogen) atoms. The van der Waals surface area contributed by atoms with Gasteiger partial charge in [-0.1, -0.05) is 35.9 Å². The minimum Gasteiger partial charge on any atom is -0.479 e. The van der Waals surface area contributed by atoms with E-state index in [0.29, 0.717) is 10.6 Å². The van der Waals surface area contributed by atoms with E-state index < -0.39 is 17.9 Å². The van der Waals surface area contributed by atoms with Gasteiger partial charge in [0.15, 0.2) is 5.13 Å². The number of rotatable bonds is 5. The molecule has 2 N–H and O–H groups in total. The predicted octanol–water partition coefficient (Wildman–Crippen LogP) is 4.95. The molecule has 4 aromatic rings. The van der Waals surface area contributed by atoms with Crippen molar-refractivity contribution in [3.05, 3.63) is 70.7 Å². The average Bonchev–Trinajstić information content (AvgIpc) is 3.29. The van der Waals surface area contributed by atoms with Crippen molar-refractivity contribution in [3.8, 4) is 11.3 Å². The number of benzene rings is 2. The third-order valence-corrected chi connectivity index (χ3v) is 5.82. The first-order valence-electron chi connectivity index (χ1n) is 9.48. The Balaban J connectivity index is 1.63. The topological polar surface area (TPSA) is 84.2 Å². The van der Waals surface area contributed by atoms with Gasteiger partial charge < -0.3 is 9.67 Å². The number of hydrogen-bond donors (Lipinski definition) is 2. The maximum absolute atomic E-state index is 12.9. The third kappa shape index (κ3) is 3.59. The average molecular weight is 420 g/mol. The molecule has 0 radical (unpaired) electrons. The number of aryl methyl sites for hydroxylation is 3. The Bertz CT molecular complexity index is 1250. The summed E-state index contributed by atoms with van der Waals surface area (Å²) in [5.41, 5.74) is 5.88. The molecule has 4 rings (SSSR count). The molecule has 0 aliphatic carbocycles. The van der Waals surface area contributed by atoms with Crippen LogP contribution in [0.2, 0.25) is 0 Å². The van der Waals surface area contributed by atoms with E-state index in [1.807, 2.05) is 44.4 Å². The number of hydrogen-bond acceptors (Lipinski definition) is 4. The quantitative estimate of drug-likeness (QED) is 0.448. The smallest absolute Gasteiger partial charge is 0.336 e. The zero-order chi connectivity index (χ0) is 21.4. The molecular formula is C23H21N3O3S. The maximum Gasteiger partial charge on any atom is 0.336 e. The van der Waals surface area contributed by atoms with E-state index >= 15 is 0 Å². The second-order valence-electron chi connectivity index (χ2n) is 7.32. The molecule has 0 saturated heterocycles. The molecule has 0 bridgehead atoms. The summed E-state index contributed by atoms with van der Waals surface area (Å²) in [4.78, 5) is 29.3. The lowest BCUT2D eigenvalue weighted by Crippen LogP contribution is -2.31. The number of carbonyl (C=O) groups is 2. The number of nitrogens with zero attached hydrogens (tertiary/aromatic N) is 2. The van der Waals surface area contributed by atoms with E-state index in [-0.39, 0.29) is 0 Å². The van der Waals surface area contributed by atoms with Crippen LogP contribution in [0.3, 0.4) is 0 Å². The van der Waals surface area contributed by atoms with Gasteiger partial charge in [-0.25, -0.2) is 9.78 Å². The van der Waals surface area contributed by atoms with E-state index in [0.717, 1.165) is 27.8 Å². The van der Waals surface area contributed by atoms with Crippen LogP contribution in [0.4, 0.5) is 5.13 Å². The molecule has 152 valence electrons. The Labute approximate surface area is 177 Å². The summed E-state index contributed by atoms with van der Waals surface area (Å²) in [6.07, 6.45) is 1.62. The van der Waals surface area contributed by atoms with Crippen LogP contribution in [0.1, 0.15) is 22.7 Å². The van der Waals surface area contributed by atoms with Crippen LogP contribution in [0.5, 0.6) is 0 Å². The first-order chi connectivity index (χ1) is 14.3. The fourth-order valence-corrected chi connectivity index (χ4v) is 4.60. The van der Waals surface area contributed by atoms with Crippen molar-refractivity contribution in [1.82, 2.24) is 9.55 Å². The minimum absolute atomic E-state index is 0.372. The van der Waals surface area contributed by atoms with E-state index in [2.05, 4.69) is 22.4 Å². The third-order valence-electron chi connectivity index (χ3n) is 5.06. The van der Waals surface area contributed by atoms with Gasteiger partial charge in [0.05, 0.1) is 5.69 Å². The zero-order valence-electron chi connectivity index (χ0n) is 16.8. The number of amides is 1. The van der Waals surface area contributed by atoms with Gasteiger partial charge in [0, 0.05) is 22.7 Å². The van der Waals surface area contributed by atoms with Crippen molar-refractivity contribution in [2.45, 2.75) is 26.8 Å². The fraction of sp³-hybridized carbons (Fsp3) is 0.174. The SMILES string of the molecule is Cc1cc(C)c(-c2csc(NC(=O)C(C(=O)O)n3ccc4ccccc43)n2)c(C)c1. The van der Waals surface area contributed by atoms with Crippen LogP contribution < -0.4 is 5.32 Å². The number of fused-ring (bicyclic) bond motifs is 1. The number of thiazole rings is 1. The number of nitrogens with one attached hydrogen (secondary N) is 1. The largest absolute Gasteiger partial charge is 0.479 e. The van der Waals surface area contributed by atoms with Crippen molar-refractivity contribution < 1.29 is 14.7 Å². The van der Waals surface area contributed by atoms with Gasteiger partial charge in [-0.15, -0.1) is 11.3 Å². The summed E-state index contributed by atoms with van der Waals surface area (Å²) >= 11 is 1.28. The minimum atomic E-state index is -1.39. The number of carbonyl (C=O) groups excluding carboxylic acids is 1. The molecule has 0 fully saturated rings. The molecule has 0 saturated carbocycles. The Morgan fingerprint density at radius 2 is 1.80 bits per heavy atom. The highest BCUT2D eigenvalue weighted by Gasteiger charge is 2.29. The number of para-hydroxylation sites is 1. The summed E-state index contributed by atoms with van der Waals surface area (Å²) in [6.45, 7) is 6.11. The first-order valence-corrected chi connectivity index (χ1v) is 10.4. The van der Waals surface area contributed by atoms with Crippen LogP contribution in [0.25, 0.3) is 22.2 Å². The van der Waals surface area contributed by atoms with E-state index in [1.54, 1.807) is 18.3 Å². The molecule has 1 atom stereocenters. The Hall–Kier alpha value is -3.45. The standard InChI is InChI=1S/C23H21N3O3S/c1-13-10-14(2)19(15(3)11-13)17-12-30-23(24-17)25-21(27)20(22(28)29)26-9-8-16-6-4-5-7-18(16)26/h4-12,20H,1-3H3,(H,28,29)(H,24,25,27). The fourth-order valence-electron chi connectivity index (χ4n) is 3.89. The molecule has 2 aromatic carbocycles. The van der Waals surface area contributed by atoms with Gasteiger partial charge in [-0.3, -0.25) is 10.1 Å². The first kappa shape index (κ1) is 19.8. The lowest BCUT2D eigenvalue weighted by Gasteiger charge is -2.15. The number of anilines is 1. The van der Waals surface area contributed by atoms with Gasteiger partial charge in [0.1, 0.15) is 0 Å². The highest BCUT2D eigenvalue weighted by Crippen LogP contribution is 2.31. The van der Waals surface area contributed by atoms with Crippen LogP contribution in [0, 0.1) is 20.8 Å². The Morgan fingerprint density at radius 1 is 1.10 bits per heavy atom. The summed E-state index contributed by atoms with van der Waals surface area (Å²) in [7, 11) is 0. The molecule has 7 heteroatoms. The van der Waals surface area contributed by atoms with Crippen molar-refractivity contribution in [2.75, 3.05) is 5.32 Å². The molecule has 1 amide bonds. The van der Waals surface area contributed by atoms with E-state index in [9.17, 15) is 14.7 Å². The number of aliphatic carboxylic acids is 1. The predicted molar refractivity (Wildman–Crippen MR) is 119 cm³/mol. The highest BCUT2D eigenvalue weighted by molar-refractivity contribution is 7.14. The molecule has 2 aromatic heterocycles. The lowest BCUT2D eigenvalue weighted by molar-refractivity contribution is -0.144. The Kier molecular flexibility index (Phi) is 5.13. The summed E-state index contributed by atoms with van der Waals surface area (Å²) in [5, 5.41) is 15.5. The summed E-state index contributed by atoms with van der Waals surface area (Å²) in [6, 6.07) is 12.0. The number of aromatic nitrogens is 2. The van der Waals surface area contributed by atoms with Crippen molar-refractivity contribution in [3.63, 3.8) is 0 Å². The second-order valence-corrected chi connectivity index (χ2v) is 8.18. The molecule has 2 heterocycles. The van der Waals surface area contributed by atoms with Crippen molar-refractivity contribution in [1.29, 1.82) is 0 Å². The summed E-state index contributed by atoms with van der Waals surface area (Å²) < 4.78 is 1.47. The monoisotopic (exact) mass is 419 g/mol. The van der Waals surface area contributed by atoms with E-state index in [4.69, 9.17) is 0 Å². The normalized spacial score (nSPS) is 12.1. The van der Waals surface area contributed by atoms with Gasteiger partial charge in [-0.2, -0.15) is 0 Å². The van der Waals surface area contributed by atoms with Crippen molar-refractivity contribution in [2.24, 2.45) is 0 Å². The van der Waals surface area contributed by atoms with Crippen LogP contribution >= 0.6 is 11.3 Å². The molecule has 0 spiro atoms. The van der Waals surface area contributed by atoms with Crippen LogP contribution in [0.15, 0.2) is 54.0 Å². The molecule has 6 nitrogen and oxygen atoms in total. The zero-order valence-corrected chi connectivity index (χ0v) is 17.7. The summed E-state index contributed by atoms with van der Waals surface area (Å²) in [5.74, 6) is -1.86. The number of carboxylic acids is 1. The van der Waals surface area contributed by atoms with Gasteiger partial charge >= 0.3 is 5.97 Å². The molecular weight excluding hydrogens is 398 g/mol.